The Balaban J connectivity index is 2.66. The number of fused-ring (bicyclic) bond motifs is 1. The highest BCUT2D eigenvalue weighted by atomic mass is 16.3. The maximum absolute atomic E-state index is 10.4. The molecule has 74 valence electrons. The molecule has 2 rings (SSSR count). The third-order valence-corrected chi connectivity index (χ3v) is 3.17. The van der Waals surface area contributed by atoms with Crippen LogP contribution in [0.2, 0.25) is 0 Å². The van der Waals surface area contributed by atoms with E-state index in [0.717, 1.165) is 12.0 Å². The summed E-state index contributed by atoms with van der Waals surface area (Å²) in [5, 5.41) is 10.4. The largest absolute Gasteiger partial charge is 0.381 e. The summed E-state index contributed by atoms with van der Waals surface area (Å²) in [6, 6.07) is 8.08. The van der Waals surface area contributed by atoms with Crippen LogP contribution in [0.3, 0.4) is 0 Å². The highest BCUT2D eigenvalue weighted by Crippen LogP contribution is 2.48. The number of hydrogen-bond donors (Lipinski definition) is 1. The molecule has 1 aromatic rings. The first kappa shape index (κ1) is 9.47. The molecule has 1 nitrogen and oxygen atoms in total. The monoisotopic (exact) mass is 188 g/mol. The SMILES string of the molecule is C=CC1(O)CC(C)(C)c2ccccc21. The molecule has 1 atom stereocenters. The summed E-state index contributed by atoms with van der Waals surface area (Å²) in [4.78, 5) is 0. The van der Waals surface area contributed by atoms with Crippen LogP contribution < -0.4 is 0 Å². The third kappa shape index (κ3) is 1.12. The molecule has 1 unspecified atom stereocenters. The van der Waals surface area contributed by atoms with Gasteiger partial charge in [0.05, 0.1) is 0 Å². The predicted molar refractivity (Wildman–Crippen MR) is 58.2 cm³/mol. The standard InChI is InChI=1S/C13H16O/c1-4-13(14)9-12(2,3)10-7-5-6-8-11(10)13/h4-8,14H,1,9H2,2-3H3. The Labute approximate surface area is 85.1 Å². The minimum Gasteiger partial charge on any atom is -0.381 e. The Kier molecular flexibility index (Phi) is 1.83. The Bertz CT molecular complexity index is 379. The van der Waals surface area contributed by atoms with Gasteiger partial charge in [0.2, 0.25) is 0 Å². The van der Waals surface area contributed by atoms with E-state index in [1.165, 1.54) is 5.56 Å². The van der Waals surface area contributed by atoms with Crippen LogP contribution >= 0.6 is 0 Å². The van der Waals surface area contributed by atoms with Crippen LogP contribution in [-0.2, 0) is 11.0 Å². The van der Waals surface area contributed by atoms with Gasteiger partial charge in [-0.2, -0.15) is 0 Å². The van der Waals surface area contributed by atoms with Gasteiger partial charge in [-0.05, 0) is 23.0 Å². The van der Waals surface area contributed by atoms with E-state index >= 15 is 0 Å². The van der Waals surface area contributed by atoms with Crippen LogP contribution in [0, 0.1) is 0 Å². The summed E-state index contributed by atoms with van der Waals surface area (Å²) in [7, 11) is 0. The van der Waals surface area contributed by atoms with Crippen LogP contribution in [0.5, 0.6) is 0 Å². The van der Waals surface area contributed by atoms with Crippen LogP contribution in [0.15, 0.2) is 36.9 Å². The van der Waals surface area contributed by atoms with E-state index in [9.17, 15) is 5.11 Å². The Morgan fingerprint density at radius 3 is 2.43 bits per heavy atom. The molecule has 1 aliphatic rings. The van der Waals surface area contributed by atoms with Crippen molar-refractivity contribution in [2.24, 2.45) is 0 Å². The molecule has 1 heteroatoms. The molecule has 0 aliphatic heterocycles. The van der Waals surface area contributed by atoms with Crippen molar-refractivity contribution in [1.82, 2.24) is 0 Å². The van der Waals surface area contributed by atoms with Crippen LogP contribution in [0.1, 0.15) is 31.4 Å². The van der Waals surface area contributed by atoms with E-state index in [2.05, 4.69) is 26.5 Å². The van der Waals surface area contributed by atoms with Gasteiger partial charge in [-0.25, -0.2) is 0 Å². The first-order valence-electron chi connectivity index (χ1n) is 4.95. The first-order valence-corrected chi connectivity index (χ1v) is 4.95. The van der Waals surface area contributed by atoms with Gasteiger partial charge in [-0.15, -0.1) is 0 Å². The molecule has 0 saturated carbocycles. The summed E-state index contributed by atoms with van der Waals surface area (Å²) < 4.78 is 0. The number of benzene rings is 1. The van der Waals surface area contributed by atoms with E-state index in [4.69, 9.17) is 0 Å². The van der Waals surface area contributed by atoms with Crippen LogP contribution in [0.25, 0.3) is 0 Å². The van der Waals surface area contributed by atoms with Gasteiger partial charge >= 0.3 is 0 Å². The van der Waals surface area contributed by atoms with Gasteiger partial charge in [0.15, 0.2) is 0 Å². The summed E-state index contributed by atoms with van der Waals surface area (Å²) in [6.07, 6.45) is 2.38. The summed E-state index contributed by atoms with van der Waals surface area (Å²) in [5.74, 6) is 0. The molecule has 1 N–H and O–H groups in total. The lowest BCUT2D eigenvalue weighted by Crippen LogP contribution is -2.22. The predicted octanol–water partition coefficient (Wildman–Crippen LogP) is 2.74. The molecule has 0 fully saturated rings. The highest BCUT2D eigenvalue weighted by Gasteiger charge is 2.44. The average molecular weight is 188 g/mol. The smallest absolute Gasteiger partial charge is 0.109 e. The van der Waals surface area contributed by atoms with Crippen molar-refractivity contribution in [2.45, 2.75) is 31.3 Å². The second-order valence-electron chi connectivity index (χ2n) is 4.73. The summed E-state index contributed by atoms with van der Waals surface area (Å²) >= 11 is 0. The number of aliphatic hydroxyl groups is 1. The summed E-state index contributed by atoms with van der Waals surface area (Å²) in [5.41, 5.74) is 1.46. The van der Waals surface area contributed by atoms with Crippen molar-refractivity contribution in [3.8, 4) is 0 Å². The molecular formula is C13H16O. The first-order chi connectivity index (χ1) is 6.49. The molecule has 1 aromatic carbocycles. The second-order valence-corrected chi connectivity index (χ2v) is 4.73. The zero-order valence-electron chi connectivity index (χ0n) is 8.75. The molecule has 0 heterocycles. The van der Waals surface area contributed by atoms with Gasteiger partial charge in [0.25, 0.3) is 0 Å². The van der Waals surface area contributed by atoms with E-state index in [-0.39, 0.29) is 5.41 Å². The number of rotatable bonds is 1. The molecule has 1 aliphatic carbocycles. The molecule has 0 radical (unpaired) electrons. The Hall–Kier alpha value is -1.08. The fourth-order valence-corrected chi connectivity index (χ4v) is 2.50. The summed E-state index contributed by atoms with van der Waals surface area (Å²) in [6.45, 7) is 8.05. The van der Waals surface area contributed by atoms with Gasteiger partial charge in [0.1, 0.15) is 5.60 Å². The maximum Gasteiger partial charge on any atom is 0.109 e. The Morgan fingerprint density at radius 2 is 1.86 bits per heavy atom. The topological polar surface area (TPSA) is 20.2 Å². The van der Waals surface area contributed by atoms with Crippen molar-refractivity contribution in [2.75, 3.05) is 0 Å². The van der Waals surface area contributed by atoms with Crippen LogP contribution in [0.4, 0.5) is 0 Å². The molecule has 14 heavy (non-hydrogen) atoms. The lowest BCUT2D eigenvalue weighted by Gasteiger charge is -2.22. The van der Waals surface area contributed by atoms with Crippen LogP contribution in [-0.4, -0.2) is 5.11 Å². The van der Waals surface area contributed by atoms with Crippen molar-refractivity contribution >= 4 is 0 Å². The van der Waals surface area contributed by atoms with Crippen molar-refractivity contribution in [3.63, 3.8) is 0 Å². The van der Waals surface area contributed by atoms with Crippen molar-refractivity contribution in [1.29, 1.82) is 0 Å². The zero-order chi connectivity index (χ0) is 10.4. The van der Waals surface area contributed by atoms with E-state index in [1.54, 1.807) is 6.08 Å². The molecular weight excluding hydrogens is 172 g/mol. The minimum absolute atomic E-state index is 0.0412. The van der Waals surface area contributed by atoms with Gasteiger partial charge in [0, 0.05) is 0 Å². The van der Waals surface area contributed by atoms with E-state index in [0.29, 0.717) is 0 Å². The lowest BCUT2D eigenvalue weighted by molar-refractivity contribution is 0.0769. The molecule has 0 amide bonds. The maximum atomic E-state index is 10.4. The van der Waals surface area contributed by atoms with Gasteiger partial charge in [-0.3, -0.25) is 0 Å². The van der Waals surface area contributed by atoms with Gasteiger partial charge < -0.3 is 5.11 Å². The normalized spacial score (nSPS) is 28.5. The molecule has 0 aromatic heterocycles. The molecule has 0 spiro atoms. The fourth-order valence-electron chi connectivity index (χ4n) is 2.50. The second kappa shape index (κ2) is 2.71. The highest BCUT2D eigenvalue weighted by molar-refractivity contribution is 5.45. The molecule has 0 saturated heterocycles. The quantitative estimate of drug-likeness (QED) is 0.672. The molecule has 0 bridgehead atoms. The minimum atomic E-state index is -0.833. The zero-order valence-corrected chi connectivity index (χ0v) is 8.75. The fraction of sp³-hybridized carbons (Fsp3) is 0.385. The van der Waals surface area contributed by atoms with Gasteiger partial charge in [-0.1, -0.05) is 50.8 Å². The lowest BCUT2D eigenvalue weighted by atomic mass is 9.85. The van der Waals surface area contributed by atoms with Crippen molar-refractivity contribution in [3.05, 3.63) is 48.0 Å². The number of hydrogen-bond acceptors (Lipinski definition) is 1. The van der Waals surface area contributed by atoms with E-state index < -0.39 is 5.60 Å². The van der Waals surface area contributed by atoms with E-state index in [1.807, 2.05) is 18.2 Å². The average Bonchev–Trinajstić information content (AvgIpc) is 2.37. The third-order valence-electron chi connectivity index (χ3n) is 3.17. The van der Waals surface area contributed by atoms with Crippen molar-refractivity contribution < 1.29 is 5.11 Å². The Morgan fingerprint density at radius 1 is 1.29 bits per heavy atom.